The van der Waals surface area contributed by atoms with Crippen molar-refractivity contribution >= 4 is 15.9 Å². The first-order valence-electron chi connectivity index (χ1n) is 8.63. The van der Waals surface area contributed by atoms with Gasteiger partial charge in [0.1, 0.15) is 5.75 Å². The average Bonchev–Trinajstić information content (AvgIpc) is 3.15. The van der Waals surface area contributed by atoms with Gasteiger partial charge in [0.15, 0.2) is 0 Å². The van der Waals surface area contributed by atoms with Crippen LogP contribution in [-0.2, 0) is 6.54 Å². The fourth-order valence-electron chi connectivity index (χ4n) is 4.83. The van der Waals surface area contributed by atoms with E-state index in [0.717, 1.165) is 47.5 Å². The maximum absolute atomic E-state index is 10.0. The molecule has 22 heavy (non-hydrogen) atoms. The Balaban J connectivity index is 1.33. The number of phenols is 1. The van der Waals surface area contributed by atoms with Crippen LogP contribution in [0.25, 0.3) is 0 Å². The summed E-state index contributed by atoms with van der Waals surface area (Å²) in [5, 5.41) is 10.0. The van der Waals surface area contributed by atoms with Crippen molar-refractivity contribution in [3.8, 4) is 5.75 Å². The van der Waals surface area contributed by atoms with Crippen molar-refractivity contribution in [2.24, 2.45) is 11.8 Å². The molecule has 120 valence electrons. The standard InChI is InChI=1S/C18H25BrN2O/c19-16-3-4-18(22)15(11-16)12-20-5-7-21(8-6-20)17-10-13-1-2-14(17)9-13/h3-4,11,13-14,17,22H,1-2,5-10,12H2/t13-,14+,17+/m0/s1. The second-order valence-electron chi connectivity index (χ2n) is 7.33. The highest BCUT2D eigenvalue weighted by molar-refractivity contribution is 9.10. The molecule has 2 bridgehead atoms. The monoisotopic (exact) mass is 364 g/mol. The van der Waals surface area contributed by atoms with Crippen LogP contribution in [0, 0.1) is 11.8 Å². The number of aromatic hydroxyl groups is 1. The molecule has 2 saturated carbocycles. The van der Waals surface area contributed by atoms with E-state index in [4.69, 9.17) is 0 Å². The number of rotatable bonds is 3. The molecule has 3 atom stereocenters. The summed E-state index contributed by atoms with van der Waals surface area (Å²) in [4.78, 5) is 5.23. The van der Waals surface area contributed by atoms with E-state index in [-0.39, 0.29) is 0 Å². The summed E-state index contributed by atoms with van der Waals surface area (Å²) < 4.78 is 1.04. The smallest absolute Gasteiger partial charge is 0.120 e. The summed E-state index contributed by atoms with van der Waals surface area (Å²) in [5.74, 6) is 2.44. The Labute approximate surface area is 141 Å². The normalized spacial score (nSPS) is 32.7. The SMILES string of the molecule is Oc1ccc(Br)cc1CN1CCN([C@@H]2C[C@H]3CC[C@@H]2C3)CC1. The first-order chi connectivity index (χ1) is 10.7. The Morgan fingerprint density at radius 2 is 1.91 bits per heavy atom. The van der Waals surface area contributed by atoms with Crippen molar-refractivity contribution in [3.05, 3.63) is 28.2 Å². The Hall–Kier alpha value is -0.580. The Morgan fingerprint density at radius 3 is 2.59 bits per heavy atom. The van der Waals surface area contributed by atoms with E-state index in [1.807, 2.05) is 12.1 Å². The predicted octanol–water partition coefficient (Wildman–Crippen LogP) is 3.46. The van der Waals surface area contributed by atoms with E-state index in [1.54, 1.807) is 6.07 Å². The van der Waals surface area contributed by atoms with Crippen LogP contribution in [0.15, 0.2) is 22.7 Å². The molecule has 1 aliphatic heterocycles. The summed E-state index contributed by atoms with van der Waals surface area (Å²) in [6.07, 6.45) is 5.92. The third kappa shape index (κ3) is 2.93. The molecule has 0 spiro atoms. The fourth-order valence-corrected chi connectivity index (χ4v) is 5.24. The first-order valence-corrected chi connectivity index (χ1v) is 9.42. The zero-order valence-electron chi connectivity index (χ0n) is 13.0. The van der Waals surface area contributed by atoms with Crippen molar-refractivity contribution in [2.75, 3.05) is 26.2 Å². The Bertz CT molecular complexity index is 542. The van der Waals surface area contributed by atoms with Gasteiger partial charge >= 0.3 is 0 Å². The van der Waals surface area contributed by atoms with Gasteiger partial charge in [-0.2, -0.15) is 0 Å². The molecule has 3 aliphatic rings. The highest BCUT2D eigenvalue weighted by Gasteiger charge is 2.42. The lowest BCUT2D eigenvalue weighted by Gasteiger charge is -2.41. The van der Waals surface area contributed by atoms with Gasteiger partial charge in [0.2, 0.25) is 0 Å². The van der Waals surface area contributed by atoms with Crippen molar-refractivity contribution in [1.29, 1.82) is 0 Å². The molecule has 0 radical (unpaired) electrons. The zero-order chi connectivity index (χ0) is 15.1. The minimum Gasteiger partial charge on any atom is -0.508 e. The summed E-state index contributed by atoms with van der Waals surface area (Å²) in [6, 6.07) is 6.59. The summed E-state index contributed by atoms with van der Waals surface area (Å²) in [7, 11) is 0. The van der Waals surface area contributed by atoms with Crippen molar-refractivity contribution < 1.29 is 5.11 Å². The number of benzene rings is 1. The van der Waals surface area contributed by atoms with Crippen LogP contribution in [0.5, 0.6) is 5.75 Å². The van der Waals surface area contributed by atoms with Crippen LogP contribution in [0.2, 0.25) is 0 Å². The van der Waals surface area contributed by atoms with Gasteiger partial charge in [0.25, 0.3) is 0 Å². The molecule has 1 heterocycles. The lowest BCUT2D eigenvalue weighted by Crippen LogP contribution is -2.51. The van der Waals surface area contributed by atoms with Crippen molar-refractivity contribution in [1.82, 2.24) is 9.80 Å². The molecular formula is C18H25BrN2O. The van der Waals surface area contributed by atoms with Gasteiger partial charge in [-0.3, -0.25) is 9.80 Å². The van der Waals surface area contributed by atoms with Gasteiger partial charge in [-0.25, -0.2) is 0 Å². The van der Waals surface area contributed by atoms with E-state index in [9.17, 15) is 5.11 Å². The van der Waals surface area contributed by atoms with E-state index < -0.39 is 0 Å². The van der Waals surface area contributed by atoms with Gasteiger partial charge in [-0.05, 0) is 49.3 Å². The molecule has 3 fully saturated rings. The Morgan fingerprint density at radius 1 is 1.09 bits per heavy atom. The number of nitrogens with zero attached hydrogens (tertiary/aromatic N) is 2. The number of phenolic OH excluding ortho intramolecular Hbond substituents is 1. The van der Waals surface area contributed by atoms with Crippen LogP contribution < -0.4 is 0 Å². The molecule has 0 amide bonds. The first kappa shape index (κ1) is 15.0. The van der Waals surface area contributed by atoms with Crippen LogP contribution in [0.1, 0.15) is 31.2 Å². The summed E-state index contributed by atoms with van der Waals surface area (Å²) in [5.41, 5.74) is 1.03. The van der Waals surface area contributed by atoms with Gasteiger partial charge in [-0.15, -0.1) is 0 Å². The average molecular weight is 365 g/mol. The van der Waals surface area contributed by atoms with Crippen molar-refractivity contribution in [2.45, 2.75) is 38.3 Å². The van der Waals surface area contributed by atoms with Crippen LogP contribution in [-0.4, -0.2) is 47.1 Å². The van der Waals surface area contributed by atoms with E-state index >= 15 is 0 Å². The molecule has 1 N–H and O–H groups in total. The predicted molar refractivity (Wildman–Crippen MR) is 91.9 cm³/mol. The second-order valence-corrected chi connectivity index (χ2v) is 8.24. The zero-order valence-corrected chi connectivity index (χ0v) is 14.6. The van der Waals surface area contributed by atoms with Gasteiger partial charge < -0.3 is 5.11 Å². The van der Waals surface area contributed by atoms with E-state index in [2.05, 4.69) is 25.7 Å². The molecule has 0 unspecified atom stereocenters. The minimum absolute atomic E-state index is 0.415. The van der Waals surface area contributed by atoms with Crippen LogP contribution >= 0.6 is 15.9 Å². The maximum atomic E-state index is 10.0. The second kappa shape index (κ2) is 6.14. The molecule has 1 aromatic carbocycles. The number of hydrogen-bond donors (Lipinski definition) is 1. The molecule has 2 aliphatic carbocycles. The summed E-state index contributed by atoms with van der Waals surface area (Å²) in [6.45, 7) is 5.50. The number of halogens is 1. The Kier molecular flexibility index (Phi) is 4.18. The fraction of sp³-hybridized carbons (Fsp3) is 0.667. The quantitative estimate of drug-likeness (QED) is 0.889. The lowest BCUT2D eigenvalue weighted by molar-refractivity contribution is 0.0676. The third-order valence-electron chi connectivity index (χ3n) is 6.01. The molecule has 1 aromatic rings. The van der Waals surface area contributed by atoms with Crippen LogP contribution in [0.3, 0.4) is 0 Å². The van der Waals surface area contributed by atoms with Gasteiger partial charge in [0.05, 0.1) is 0 Å². The third-order valence-corrected chi connectivity index (χ3v) is 6.51. The number of hydrogen-bond acceptors (Lipinski definition) is 3. The maximum Gasteiger partial charge on any atom is 0.120 e. The highest BCUT2D eigenvalue weighted by atomic mass is 79.9. The largest absolute Gasteiger partial charge is 0.508 e. The lowest BCUT2D eigenvalue weighted by atomic mass is 9.93. The topological polar surface area (TPSA) is 26.7 Å². The molecule has 0 aromatic heterocycles. The van der Waals surface area contributed by atoms with Crippen molar-refractivity contribution in [3.63, 3.8) is 0 Å². The molecular weight excluding hydrogens is 340 g/mol. The van der Waals surface area contributed by atoms with E-state index in [0.29, 0.717) is 5.75 Å². The molecule has 3 nitrogen and oxygen atoms in total. The highest BCUT2D eigenvalue weighted by Crippen LogP contribution is 2.46. The molecule has 4 rings (SSSR count). The van der Waals surface area contributed by atoms with Crippen LogP contribution in [0.4, 0.5) is 0 Å². The summed E-state index contributed by atoms with van der Waals surface area (Å²) >= 11 is 3.50. The van der Waals surface area contributed by atoms with Gasteiger partial charge in [-0.1, -0.05) is 22.4 Å². The minimum atomic E-state index is 0.415. The van der Waals surface area contributed by atoms with Gasteiger partial charge in [0, 0.05) is 48.8 Å². The van der Waals surface area contributed by atoms with E-state index in [1.165, 1.54) is 38.8 Å². The molecule has 1 saturated heterocycles. The number of fused-ring (bicyclic) bond motifs is 2. The molecule has 4 heteroatoms. The number of piperazine rings is 1.